The van der Waals surface area contributed by atoms with Crippen LogP contribution < -0.4 is 4.90 Å². The van der Waals surface area contributed by atoms with E-state index in [0.717, 1.165) is 36.6 Å². The predicted octanol–water partition coefficient (Wildman–Crippen LogP) is 2.30. The number of anilines is 1. The lowest BCUT2D eigenvalue weighted by Crippen LogP contribution is -2.73. The summed E-state index contributed by atoms with van der Waals surface area (Å²) in [6.45, 7) is 8.97. The van der Waals surface area contributed by atoms with Crippen molar-refractivity contribution in [2.75, 3.05) is 31.1 Å². The SMILES string of the molecule is CC(C)(C)OC(=O)N1CC2(C1)CN(c1ncc(Br)cn1)C2. The second-order valence-corrected chi connectivity index (χ2v) is 7.81. The van der Waals surface area contributed by atoms with Crippen LogP contribution in [0.25, 0.3) is 0 Å². The van der Waals surface area contributed by atoms with Gasteiger partial charge in [0.2, 0.25) is 5.95 Å². The van der Waals surface area contributed by atoms with Crippen LogP contribution >= 0.6 is 15.9 Å². The van der Waals surface area contributed by atoms with Crippen LogP contribution in [0.15, 0.2) is 16.9 Å². The molecule has 3 heterocycles. The molecule has 2 aliphatic rings. The number of rotatable bonds is 1. The number of carbonyl (C=O) groups is 1. The first-order valence-corrected chi connectivity index (χ1v) is 7.76. The molecule has 114 valence electrons. The largest absolute Gasteiger partial charge is 0.444 e. The van der Waals surface area contributed by atoms with Gasteiger partial charge in [-0.3, -0.25) is 0 Å². The zero-order valence-electron chi connectivity index (χ0n) is 12.5. The molecule has 1 aromatic heterocycles. The summed E-state index contributed by atoms with van der Waals surface area (Å²) in [7, 11) is 0. The average molecular weight is 355 g/mol. The zero-order chi connectivity index (χ0) is 15.3. The monoisotopic (exact) mass is 354 g/mol. The second-order valence-electron chi connectivity index (χ2n) is 6.89. The topological polar surface area (TPSA) is 58.6 Å². The van der Waals surface area contributed by atoms with Gasteiger partial charge in [-0.1, -0.05) is 0 Å². The fourth-order valence-corrected chi connectivity index (χ4v) is 3.00. The summed E-state index contributed by atoms with van der Waals surface area (Å²) in [5, 5.41) is 0. The van der Waals surface area contributed by atoms with Crippen molar-refractivity contribution in [3.63, 3.8) is 0 Å². The maximum Gasteiger partial charge on any atom is 0.410 e. The Hall–Kier alpha value is -1.37. The molecule has 0 aliphatic carbocycles. The Kier molecular flexibility index (Phi) is 3.35. The quantitative estimate of drug-likeness (QED) is 0.774. The number of nitrogens with zero attached hydrogens (tertiary/aromatic N) is 4. The van der Waals surface area contributed by atoms with E-state index in [1.165, 1.54) is 0 Å². The minimum atomic E-state index is -0.434. The Morgan fingerprint density at radius 2 is 1.81 bits per heavy atom. The molecule has 2 saturated heterocycles. The molecule has 1 amide bonds. The van der Waals surface area contributed by atoms with Gasteiger partial charge in [-0.25, -0.2) is 14.8 Å². The molecule has 0 saturated carbocycles. The molecule has 0 radical (unpaired) electrons. The first-order valence-electron chi connectivity index (χ1n) is 6.97. The van der Waals surface area contributed by atoms with Gasteiger partial charge >= 0.3 is 6.09 Å². The highest BCUT2D eigenvalue weighted by molar-refractivity contribution is 9.10. The van der Waals surface area contributed by atoms with E-state index in [1.807, 2.05) is 20.8 Å². The standard InChI is InChI=1S/C14H19BrN4O2/c1-13(2,3)21-12(20)19-8-14(9-19)6-18(7-14)11-16-4-10(15)5-17-11/h4-5H,6-9H2,1-3H3. The van der Waals surface area contributed by atoms with Crippen molar-refractivity contribution in [3.05, 3.63) is 16.9 Å². The first-order chi connectivity index (χ1) is 9.76. The average Bonchev–Trinajstić information content (AvgIpc) is 2.25. The van der Waals surface area contributed by atoms with Gasteiger partial charge in [-0.15, -0.1) is 0 Å². The molecular weight excluding hydrogens is 336 g/mol. The minimum Gasteiger partial charge on any atom is -0.444 e. The van der Waals surface area contributed by atoms with E-state index in [9.17, 15) is 4.79 Å². The van der Waals surface area contributed by atoms with E-state index in [-0.39, 0.29) is 11.5 Å². The van der Waals surface area contributed by atoms with Crippen LogP contribution in [0.1, 0.15) is 20.8 Å². The predicted molar refractivity (Wildman–Crippen MR) is 82.2 cm³/mol. The van der Waals surface area contributed by atoms with Crippen LogP contribution in [0.3, 0.4) is 0 Å². The molecule has 0 aromatic carbocycles. The van der Waals surface area contributed by atoms with Crippen molar-refractivity contribution in [1.82, 2.24) is 14.9 Å². The third-order valence-electron chi connectivity index (χ3n) is 3.65. The highest BCUT2D eigenvalue weighted by Crippen LogP contribution is 2.41. The Balaban J connectivity index is 1.50. The van der Waals surface area contributed by atoms with Crippen LogP contribution in [0.2, 0.25) is 0 Å². The van der Waals surface area contributed by atoms with E-state index in [1.54, 1.807) is 17.3 Å². The highest BCUT2D eigenvalue weighted by atomic mass is 79.9. The van der Waals surface area contributed by atoms with Crippen molar-refractivity contribution in [1.29, 1.82) is 0 Å². The van der Waals surface area contributed by atoms with Crippen LogP contribution in [0, 0.1) is 5.41 Å². The fourth-order valence-electron chi connectivity index (χ4n) is 2.79. The Labute approximate surface area is 132 Å². The maximum atomic E-state index is 11.9. The molecule has 21 heavy (non-hydrogen) atoms. The highest BCUT2D eigenvalue weighted by Gasteiger charge is 2.54. The molecule has 7 heteroatoms. The summed E-state index contributed by atoms with van der Waals surface area (Å²) in [6, 6.07) is 0. The summed E-state index contributed by atoms with van der Waals surface area (Å²) >= 11 is 3.33. The molecule has 1 spiro atoms. The van der Waals surface area contributed by atoms with Gasteiger partial charge in [0.1, 0.15) is 5.60 Å². The van der Waals surface area contributed by atoms with Crippen LogP contribution in [-0.2, 0) is 4.74 Å². The number of likely N-dealkylation sites (tertiary alicyclic amines) is 1. The van der Waals surface area contributed by atoms with E-state index in [4.69, 9.17) is 4.74 Å². The van der Waals surface area contributed by atoms with Gasteiger partial charge in [0.05, 0.1) is 4.47 Å². The molecule has 2 fully saturated rings. The lowest BCUT2D eigenvalue weighted by atomic mass is 9.73. The number of aromatic nitrogens is 2. The Morgan fingerprint density at radius 3 is 2.33 bits per heavy atom. The second kappa shape index (κ2) is 4.83. The van der Waals surface area contributed by atoms with E-state index in [2.05, 4.69) is 30.8 Å². The van der Waals surface area contributed by atoms with Gasteiger partial charge in [0.25, 0.3) is 0 Å². The normalized spacial score (nSPS) is 20.0. The van der Waals surface area contributed by atoms with Crippen molar-refractivity contribution in [3.8, 4) is 0 Å². The summed E-state index contributed by atoms with van der Waals surface area (Å²) < 4.78 is 6.25. The van der Waals surface area contributed by atoms with E-state index >= 15 is 0 Å². The number of hydrogen-bond donors (Lipinski definition) is 0. The summed E-state index contributed by atoms with van der Waals surface area (Å²) in [4.78, 5) is 24.4. The number of hydrogen-bond acceptors (Lipinski definition) is 5. The molecular formula is C14H19BrN4O2. The zero-order valence-corrected chi connectivity index (χ0v) is 14.1. The minimum absolute atomic E-state index is 0.202. The maximum absolute atomic E-state index is 11.9. The van der Waals surface area contributed by atoms with Crippen molar-refractivity contribution < 1.29 is 9.53 Å². The fraction of sp³-hybridized carbons (Fsp3) is 0.643. The molecule has 6 nitrogen and oxygen atoms in total. The van der Waals surface area contributed by atoms with Gasteiger partial charge in [-0.05, 0) is 36.7 Å². The Morgan fingerprint density at radius 1 is 1.24 bits per heavy atom. The van der Waals surface area contributed by atoms with Crippen LogP contribution in [0.5, 0.6) is 0 Å². The van der Waals surface area contributed by atoms with Crippen molar-refractivity contribution in [2.24, 2.45) is 5.41 Å². The third-order valence-corrected chi connectivity index (χ3v) is 4.06. The summed E-state index contributed by atoms with van der Waals surface area (Å²) in [5.74, 6) is 0.750. The molecule has 0 bridgehead atoms. The van der Waals surface area contributed by atoms with Crippen LogP contribution in [-0.4, -0.2) is 52.7 Å². The van der Waals surface area contributed by atoms with E-state index in [0.29, 0.717) is 0 Å². The smallest absolute Gasteiger partial charge is 0.410 e. The Bertz CT molecular complexity index is 541. The molecule has 2 aliphatic heterocycles. The van der Waals surface area contributed by atoms with Crippen molar-refractivity contribution >= 4 is 28.0 Å². The van der Waals surface area contributed by atoms with Crippen molar-refractivity contribution in [2.45, 2.75) is 26.4 Å². The van der Waals surface area contributed by atoms with Crippen LogP contribution in [0.4, 0.5) is 10.7 Å². The molecule has 0 atom stereocenters. The van der Waals surface area contributed by atoms with Gasteiger partial charge in [0, 0.05) is 44.0 Å². The number of halogens is 1. The number of amides is 1. The lowest BCUT2D eigenvalue weighted by molar-refractivity contribution is -0.0456. The lowest BCUT2D eigenvalue weighted by Gasteiger charge is -2.59. The van der Waals surface area contributed by atoms with Gasteiger partial charge < -0.3 is 14.5 Å². The summed E-state index contributed by atoms with van der Waals surface area (Å²) in [5.41, 5.74) is -0.232. The van der Waals surface area contributed by atoms with E-state index < -0.39 is 5.60 Å². The van der Waals surface area contributed by atoms with Gasteiger partial charge in [-0.2, -0.15) is 0 Å². The molecule has 1 aromatic rings. The van der Waals surface area contributed by atoms with Gasteiger partial charge in [0.15, 0.2) is 0 Å². The first kappa shape index (κ1) is 14.6. The molecule has 3 rings (SSSR count). The molecule has 0 unspecified atom stereocenters. The molecule has 0 N–H and O–H groups in total. The number of carbonyl (C=O) groups excluding carboxylic acids is 1. The number of ether oxygens (including phenoxy) is 1. The third kappa shape index (κ3) is 2.97. The summed E-state index contributed by atoms with van der Waals surface area (Å²) in [6.07, 6.45) is 3.29.